The first kappa shape index (κ1) is 19.8. The Labute approximate surface area is 199 Å². The number of fused-ring (bicyclic) bond motifs is 1. The number of H-pyrrole nitrogens is 1. The highest BCUT2D eigenvalue weighted by Crippen LogP contribution is 2.58. The number of hydrogen-bond acceptors (Lipinski definition) is 9. The number of hydrogen-bond donors (Lipinski definition) is 2. The maximum Gasteiger partial charge on any atom is 0.318 e. The lowest BCUT2D eigenvalue weighted by molar-refractivity contribution is 0.542. The molecule has 4 aromatic rings. The molecule has 162 valence electrons. The molecule has 2 aliphatic rings. The largest absolute Gasteiger partial charge is 0.402 e. The predicted octanol–water partition coefficient (Wildman–Crippen LogP) is 3.63. The van der Waals surface area contributed by atoms with Gasteiger partial charge in [0.15, 0.2) is 0 Å². The Morgan fingerprint density at radius 1 is 1.12 bits per heavy atom. The first-order valence-electron chi connectivity index (χ1n) is 10.1. The van der Waals surface area contributed by atoms with Gasteiger partial charge in [0.25, 0.3) is 5.89 Å². The van der Waals surface area contributed by atoms with Crippen LogP contribution in [-0.2, 0) is 6.54 Å². The van der Waals surface area contributed by atoms with E-state index in [1.807, 2.05) is 24.4 Å². The van der Waals surface area contributed by atoms with E-state index in [-0.39, 0.29) is 0 Å². The molecule has 2 unspecified atom stereocenters. The summed E-state index contributed by atoms with van der Waals surface area (Å²) in [6.07, 6.45) is 3.49. The maximum atomic E-state index is 5.94. The third kappa shape index (κ3) is 3.77. The molecule has 0 radical (unpaired) electrons. The molecule has 6 rings (SSSR count). The van der Waals surface area contributed by atoms with Crippen molar-refractivity contribution in [2.75, 3.05) is 23.3 Å². The van der Waals surface area contributed by atoms with Crippen molar-refractivity contribution in [1.29, 1.82) is 0 Å². The summed E-state index contributed by atoms with van der Waals surface area (Å²) in [5.74, 6) is 2.47. The second-order valence-electron chi connectivity index (χ2n) is 7.94. The third-order valence-electron chi connectivity index (χ3n) is 5.90. The van der Waals surface area contributed by atoms with Crippen LogP contribution < -0.4 is 10.2 Å². The van der Waals surface area contributed by atoms with Gasteiger partial charge in [-0.15, -0.1) is 5.10 Å². The molecule has 12 heteroatoms. The lowest BCUT2D eigenvalue weighted by Crippen LogP contribution is -2.23. The van der Waals surface area contributed by atoms with Gasteiger partial charge in [-0.05, 0) is 41.7 Å². The number of anilines is 2. The molecular formula is C20H17Br2N9O. The van der Waals surface area contributed by atoms with Crippen molar-refractivity contribution in [3.05, 3.63) is 56.9 Å². The minimum absolute atomic E-state index is 0.379. The van der Waals surface area contributed by atoms with Crippen LogP contribution in [-0.4, -0.2) is 48.7 Å². The molecule has 0 amide bonds. The Morgan fingerprint density at radius 3 is 2.69 bits per heavy atom. The zero-order valence-electron chi connectivity index (χ0n) is 16.6. The SMILES string of the molecule is Brc1cc(Br)cc(CNc2nccc(-c3nnc(N4CC5C(C4)C5c4cn[nH]n4)o3)n2)c1. The van der Waals surface area contributed by atoms with E-state index in [4.69, 9.17) is 4.42 Å². The quantitative estimate of drug-likeness (QED) is 0.365. The van der Waals surface area contributed by atoms with Gasteiger partial charge < -0.3 is 14.6 Å². The molecule has 0 spiro atoms. The van der Waals surface area contributed by atoms with Gasteiger partial charge in [-0.2, -0.15) is 15.4 Å². The van der Waals surface area contributed by atoms with Crippen molar-refractivity contribution in [1.82, 2.24) is 35.6 Å². The molecule has 3 aromatic heterocycles. The number of halogens is 2. The number of benzene rings is 1. The van der Waals surface area contributed by atoms with Gasteiger partial charge in [-0.1, -0.05) is 37.0 Å². The molecule has 10 nitrogen and oxygen atoms in total. The number of aromatic amines is 1. The third-order valence-corrected chi connectivity index (χ3v) is 6.82. The van der Waals surface area contributed by atoms with E-state index >= 15 is 0 Å². The molecular weight excluding hydrogens is 542 g/mol. The minimum atomic E-state index is 0.379. The van der Waals surface area contributed by atoms with E-state index in [1.165, 1.54) is 0 Å². The standard InChI is InChI=1S/C20H17Br2N9O/c21-11-3-10(4-12(22)5-11)6-24-19-23-2-1-15(26-19)18-28-29-20(32-18)31-8-13-14(9-31)17(13)16-7-25-30-27-16/h1-5,7,13-14,17H,6,8-9H2,(H,23,24,26)(H,25,27,30). The minimum Gasteiger partial charge on any atom is -0.402 e. The summed E-state index contributed by atoms with van der Waals surface area (Å²) in [6, 6.07) is 8.37. The Kier molecular flexibility index (Phi) is 4.90. The number of aromatic nitrogens is 7. The van der Waals surface area contributed by atoms with Crippen molar-refractivity contribution in [2.45, 2.75) is 12.5 Å². The average Bonchev–Trinajstić information content (AvgIpc) is 3.32. The van der Waals surface area contributed by atoms with Crippen LogP contribution in [0, 0.1) is 11.8 Å². The van der Waals surface area contributed by atoms with E-state index < -0.39 is 0 Å². The van der Waals surface area contributed by atoms with Gasteiger partial charge in [-0.25, -0.2) is 9.97 Å². The van der Waals surface area contributed by atoms with E-state index in [0.29, 0.717) is 47.8 Å². The van der Waals surface area contributed by atoms with Crippen LogP contribution in [0.4, 0.5) is 12.0 Å². The Hall–Kier alpha value is -2.86. The summed E-state index contributed by atoms with van der Waals surface area (Å²) in [5, 5.41) is 22.5. The molecule has 2 N–H and O–H groups in total. The fourth-order valence-corrected chi connectivity index (χ4v) is 5.78. The molecule has 1 saturated heterocycles. The smallest absolute Gasteiger partial charge is 0.318 e. The van der Waals surface area contributed by atoms with Gasteiger partial charge >= 0.3 is 6.01 Å². The predicted molar refractivity (Wildman–Crippen MR) is 123 cm³/mol. The number of nitrogens with zero attached hydrogens (tertiary/aromatic N) is 7. The summed E-state index contributed by atoms with van der Waals surface area (Å²) in [5.41, 5.74) is 2.72. The van der Waals surface area contributed by atoms with Crippen molar-refractivity contribution in [2.24, 2.45) is 11.8 Å². The van der Waals surface area contributed by atoms with Crippen molar-refractivity contribution in [3.63, 3.8) is 0 Å². The molecule has 1 aliphatic carbocycles. The molecule has 1 aliphatic heterocycles. The summed E-state index contributed by atoms with van der Waals surface area (Å²) in [4.78, 5) is 11.0. The summed E-state index contributed by atoms with van der Waals surface area (Å²) < 4.78 is 7.94. The zero-order valence-corrected chi connectivity index (χ0v) is 19.8. The van der Waals surface area contributed by atoms with Crippen LogP contribution in [0.25, 0.3) is 11.6 Å². The monoisotopic (exact) mass is 557 g/mol. The first-order chi connectivity index (χ1) is 15.6. The van der Waals surface area contributed by atoms with Crippen molar-refractivity contribution >= 4 is 43.8 Å². The Bertz CT molecular complexity index is 1230. The molecule has 0 bridgehead atoms. The highest BCUT2D eigenvalue weighted by atomic mass is 79.9. The van der Waals surface area contributed by atoms with Gasteiger partial charge in [0.05, 0.1) is 11.9 Å². The number of piperidine rings is 1. The highest BCUT2D eigenvalue weighted by molar-refractivity contribution is 9.11. The van der Waals surface area contributed by atoms with Gasteiger partial charge in [0, 0.05) is 40.7 Å². The van der Waals surface area contributed by atoms with E-state index in [0.717, 1.165) is 33.3 Å². The van der Waals surface area contributed by atoms with Crippen LogP contribution in [0.5, 0.6) is 0 Å². The van der Waals surface area contributed by atoms with Crippen LogP contribution >= 0.6 is 31.9 Å². The Balaban J connectivity index is 1.12. The van der Waals surface area contributed by atoms with Crippen LogP contribution in [0.3, 0.4) is 0 Å². The molecule has 1 saturated carbocycles. The maximum absolute atomic E-state index is 5.94. The molecule has 32 heavy (non-hydrogen) atoms. The fraction of sp³-hybridized carbons (Fsp3) is 0.300. The fourth-order valence-electron chi connectivity index (χ4n) is 4.40. The van der Waals surface area contributed by atoms with Gasteiger partial charge in [0.2, 0.25) is 5.95 Å². The zero-order chi connectivity index (χ0) is 21.7. The normalized spacial score (nSPS) is 21.6. The highest BCUT2D eigenvalue weighted by Gasteiger charge is 2.58. The van der Waals surface area contributed by atoms with Crippen LogP contribution in [0.1, 0.15) is 17.2 Å². The van der Waals surface area contributed by atoms with E-state index in [1.54, 1.807) is 12.3 Å². The number of rotatable bonds is 6. The summed E-state index contributed by atoms with van der Waals surface area (Å²) in [6.45, 7) is 2.34. The van der Waals surface area contributed by atoms with Crippen LogP contribution in [0.2, 0.25) is 0 Å². The van der Waals surface area contributed by atoms with Gasteiger partial charge in [0.1, 0.15) is 5.69 Å². The average molecular weight is 559 g/mol. The molecule has 4 heterocycles. The topological polar surface area (TPSA) is 122 Å². The van der Waals surface area contributed by atoms with Crippen molar-refractivity contribution < 1.29 is 4.42 Å². The second-order valence-corrected chi connectivity index (χ2v) is 9.77. The van der Waals surface area contributed by atoms with Crippen LogP contribution in [0.15, 0.2) is 50.0 Å². The van der Waals surface area contributed by atoms with Crippen molar-refractivity contribution in [3.8, 4) is 11.6 Å². The number of nitrogens with one attached hydrogen (secondary N) is 2. The molecule has 1 aromatic carbocycles. The van der Waals surface area contributed by atoms with Gasteiger partial charge in [-0.3, -0.25) is 0 Å². The molecule has 2 atom stereocenters. The summed E-state index contributed by atoms with van der Waals surface area (Å²) in [7, 11) is 0. The van der Waals surface area contributed by atoms with E-state index in [9.17, 15) is 0 Å². The van der Waals surface area contributed by atoms with E-state index in [2.05, 4.69) is 77.7 Å². The Morgan fingerprint density at radius 2 is 1.94 bits per heavy atom. The molecule has 2 fully saturated rings. The first-order valence-corrected chi connectivity index (χ1v) is 11.7. The lowest BCUT2D eigenvalue weighted by atomic mass is 10.2. The second kappa shape index (κ2) is 7.93. The summed E-state index contributed by atoms with van der Waals surface area (Å²) >= 11 is 7.01. The lowest BCUT2D eigenvalue weighted by Gasteiger charge is -2.15.